The first-order valence-electron chi connectivity index (χ1n) is 48.2. The average molecular weight is 1620 g/mol. The number of hydrogen-bond acceptors (Lipinski definition) is 12. The van der Waals surface area contributed by atoms with Crippen molar-refractivity contribution < 1.29 is 37.9 Å². The Morgan fingerprint density at radius 2 is 0.475 bits per heavy atom. The molecule has 17 rings (SSSR count). The first kappa shape index (κ1) is 84.2. The lowest BCUT2D eigenvalue weighted by atomic mass is 9.74. The van der Waals surface area contributed by atoms with Gasteiger partial charge in [0, 0.05) is 119 Å². The Morgan fingerprint density at radius 1 is 0.275 bits per heavy atom. The van der Waals surface area contributed by atoms with Crippen molar-refractivity contribution in [1.82, 2.24) is 19.6 Å². The van der Waals surface area contributed by atoms with Gasteiger partial charge in [-0.05, 0) is 203 Å². The van der Waals surface area contributed by atoms with Crippen molar-refractivity contribution in [3.63, 3.8) is 0 Å². The zero-order valence-corrected chi connectivity index (χ0v) is 74.1. The molecule has 640 valence electrons. The van der Waals surface area contributed by atoms with Gasteiger partial charge in [0.05, 0.1) is 46.7 Å². The van der Waals surface area contributed by atoms with Gasteiger partial charge in [-0.2, -0.15) is 0 Å². The highest BCUT2D eigenvalue weighted by Gasteiger charge is 2.46. The molecule has 8 atom stereocenters. The summed E-state index contributed by atoms with van der Waals surface area (Å²) in [5.74, 6) is 7.44. The summed E-state index contributed by atoms with van der Waals surface area (Å²) >= 11 is 0. The van der Waals surface area contributed by atoms with Crippen LogP contribution in [-0.2, 0) is 26.2 Å². The molecule has 12 nitrogen and oxygen atoms in total. The van der Waals surface area contributed by atoms with E-state index < -0.39 is 0 Å². The van der Waals surface area contributed by atoms with E-state index in [-0.39, 0.29) is 72.3 Å². The van der Waals surface area contributed by atoms with Crippen molar-refractivity contribution in [2.75, 3.05) is 26.9 Å². The predicted molar refractivity (Wildman–Crippen MR) is 485 cm³/mol. The molecule has 4 fully saturated rings. The van der Waals surface area contributed by atoms with Crippen LogP contribution in [0.25, 0.3) is 0 Å². The largest absolute Gasteiger partial charge is 0.490 e. The fourth-order valence-electron chi connectivity index (χ4n) is 22.2. The van der Waals surface area contributed by atoms with Crippen LogP contribution in [0.5, 0.6) is 46.0 Å². The van der Waals surface area contributed by atoms with E-state index in [0.717, 1.165) is 251 Å². The van der Waals surface area contributed by atoms with Crippen LogP contribution in [0, 0.1) is 0 Å². The minimum atomic E-state index is -0.167. The minimum absolute atomic E-state index is 0.0575. The molecule has 0 aromatic heterocycles. The maximum Gasteiger partial charge on any atom is 0.142 e. The molecule has 5 aliphatic carbocycles. The van der Waals surface area contributed by atoms with E-state index >= 15 is 0 Å². The normalized spacial score (nSPS) is 21.6. The highest BCUT2D eigenvalue weighted by Crippen LogP contribution is 2.61. The summed E-state index contributed by atoms with van der Waals surface area (Å²) < 4.78 is 64.7. The Kier molecular flexibility index (Phi) is 27.8. The van der Waals surface area contributed by atoms with Crippen molar-refractivity contribution in [3.8, 4) is 46.0 Å². The van der Waals surface area contributed by atoms with E-state index in [2.05, 4.69) is 221 Å². The summed E-state index contributed by atoms with van der Waals surface area (Å²) in [6.07, 6.45) is 34.1. The summed E-state index contributed by atoms with van der Waals surface area (Å²) in [4.78, 5) is 10.4. The summed E-state index contributed by atoms with van der Waals surface area (Å²) in [7, 11) is 0. The van der Waals surface area contributed by atoms with Crippen molar-refractivity contribution in [1.29, 1.82) is 0 Å². The zero-order chi connectivity index (χ0) is 82.0. The number of unbranched alkanes of at least 4 members (excludes halogenated alkanes) is 8. The molecule has 120 heavy (non-hydrogen) atoms. The maximum absolute atomic E-state index is 8.21. The summed E-state index contributed by atoms with van der Waals surface area (Å²) in [5.41, 5.74) is 20.0. The molecule has 0 amide bonds. The molecule has 0 unspecified atom stereocenters. The van der Waals surface area contributed by atoms with Crippen molar-refractivity contribution in [2.45, 2.75) is 359 Å². The standard InChI is InChI=1S/C108H140N4O8/c1-9-13-21-57-85-89-61-94(106(118-82-51-35-36-52-82)97-65-109(69-113-101(89)97)73(5)77-41-25-17-26-42-77)87(59-23-15-11-3)91-63-96(108(120-84-55-39-40-56-84)99-67-111(71-115-103(91)99)75(7)79-45-29-19-30-46-79)88(60-24-16-12-4)92-64-95(107(119-83-53-37-38-54-83)100-68-112(72-116-104(92)100)76(8)80-47-31-20-32-48-80)86(58-22-14-10-2)90-62-93(85)105(117-81-49-33-34-50-81)98-66-110(70-114-102(90)98)74(6)78-43-27-18-28-44-78/h17-20,25-32,41-48,61-64,73-76,81-88H,9-16,21-24,33-40,49-60,65-72H2,1-8H3/t73-,74-,75-,76-,85-,86-,87-,88-/m1/s1. The first-order valence-corrected chi connectivity index (χ1v) is 48.2. The number of ether oxygens (including phenoxy) is 8. The summed E-state index contributed by atoms with van der Waals surface area (Å²) in [6, 6.07) is 55.8. The van der Waals surface area contributed by atoms with Gasteiger partial charge in [0.1, 0.15) is 72.9 Å². The van der Waals surface area contributed by atoms with Gasteiger partial charge in [0.2, 0.25) is 0 Å². The minimum Gasteiger partial charge on any atom is -0.490 e. The van der Waals surface area contributed by atoms with Gasteiger partial charge in [-0.15, -0.1) is 0 Å². The first-order chi connectivity index (χ1) is 59.0. The van der Waals surface area contributed by atoms with Crippen LogP contribution in [0.2, 0.25) is 0 Å². The van der Waals surface area contributed by atoms with Gasteiger partial charge in [0.15, 0.2) is 0 Å². The fourth-order valence-corrected chi connectivity index (χ4v) is 22.2. The molecule has 0 saturated heterocycles. The van der Waals surface area contributed by atoms with Gasteiger partial charge < -0.3 is 37.9 Å². The van der Waals surface area contributed by atoms with Gasteiger partial charge in [0.25, 0.3) is 0 Å². The lowest BCUT2D eigenvalue weighted by Crippen LogP contribution is -2.36. The highest BCUT2D eigenvalue weighted by molar-refractivity contribution is 5.70. The lowest BCUT2D eigenvalue weighted by molar-refractivity contribution is 0.0562. The number of hydrogen-bond donors (Lipinski definition) is 0. The third-order valence-corrected chi connectivity index (χ3v) is 29.5. The van der Waals surface area contributed by atoms with E-state index in [9.17, 15) is 0 Å². The second-order valence-corrected chi connectivity index (χ2v) is 37.5. The van der Waals surface area contributed by atoms with Gasteiger partial charge in [-0.1, -0.05) is 226 Å². The Morgan fingerprint density at radius 3 is 0.667 bits per heavy atom. The predicted octanol–water partition coefficient (Wildman–Crippen LogP) is 27.8. The Balaban J connectivity index is 1.04. The van der Waals surface area contributed by atoms with Crippen LogP contribution in [0.15, 0.2) is 146 Å². The highest BCUT2D eigenvalue weighted by atomic mass is 16.5. The van der Waals surface area contributed by atoms with Crippen molar-refractivity contribution in [2.24, 2.45) is 0 Å². The topological polar surface area (TPSA) is 86.8 Å². The lowest BCUT2D eigenvalue weighted by Gasteiger charge is -2.41. The smallest absolute Gasteiger partial charge is 0.142 e. The Hall–Kier alpha value is -8.00. The van der Waals surface area contributed by atoms with Gasteiger partial charge in [-0.25, -0.2) is 0 Å². The van der Waals surface area contributed by atoms with Crippen LogP contribution in [0.4, 0.5) is 0 Å². The molecule has 4 aliphatic heterocycles. The third-order valence-electron chi connectivity index (χ3n) is 29.5. The van der Waals surface area contributed by atoms with Crippen LogP contribution in [0.1, 0.15) is 398 Å². The van der Waals surface area contributed by atoms with E-state index in [4.69, 9.17) is 37.9 Å². The molecule has 0 spiro atoms. The van der Waals surface area contributed by atoms with Gasteiger partial charge >= 0.3 is 0 Å². The summed E-state index contributed by atoms with van der Waals surface area (Å²) in [5, 5.41) is 0. The van der Waals surface area contributed by atoms with Crippen LogP contribution in [-0.4, -0.2) is 70.9 Å². The Labute approximate surface area is 720 Å². The molecule has 0 N–H and O–H groups in total. The molecule has 4 saturated carbocycles. The second-order valence-electron chi connectivity index (χ2n) is 37.5. The quantitative estimate of drug-likeness (QED) is 0.0376. The van der Waals surface area contributed by atoms with E-state index in [1.807, 2.05) is 0 Å². The number of nitrogens with zero attached hydrogens (tertiary/aromatic N) is 4. The molecule has 12 heteroatoms. The number of rotatable bonds is 32. The average Bonchev–Trinajstić information content (AvgIpc) is 0.925. The van der Waals surface area contributed by atoms with Crippen LogP contribution >= 0.6 is 0 Å². The molecule has 4 heterocycles. The summed E-state index contributed by atoms with van der Waals surface area (Å²) in [6.45, 7) is 23.6. The molecule has 9 aliphatic rings. The monoisotopic (exact) mass is 1620 g/mol. The number of fused-ring (bicyclic) bond motifs is 16. The Bertz CT molecular complexity index is 4080. The molecule has 8 aromatic rings. The SMILES string of the molecule is CCCCC[C@@H]1c2cc(c(OC3CCCC3)c3c2OCN([C@H](C)c2ccccc2)C3)[C@H](CCCCC)c2cc(c(OC3CCCC3)c3c2OCN([C@H](C)c2ccccc2)C3)[C@H](CCCCC)c2cc(c(OC3CCCC3)c3c2OCN([C@H](C)c2ccccc2)C3)[C@H](CCCCC)c2cc1c(OC1CCCC1)c1c2OCN([C@H](C)c2ccccc2)C1. The van der Waals surface area contributed by atoms with E-state index in [1.165, 1.54) is 89.0 Å². The molecule has 8 aromatic carbocycles. The zero-order valence-electron chi connectivity index (χ0n) is 74.1. The molecular weight excluding hydrogens is 1480 g/mol. The van der Waals surface area contributed by atoms with E-state index in [1.54, 1.807) is 0 Å². The van der Waals surface area contributed by atoms with Gasteiger partial charge in [-0.3, -0.25) is 19.6 Å². The third kappa shape index (κ3) is 18.2. The van der Waals surface area contributed by atoms with E-state index in [0.29, 0.717) is 53.1 Å². The van der Waals surface area contributed by atoms with Crippen LogP contribution < -0.4 is 37.9 Å². The maximum atomic E-state index is 8.21. The molecule has 8 bridgehead atoms. The number of benzene rings is 8. The molecular formula is C108H140N4O8. The second kappa shape index (κ2) is 39.7. The van der Waals surface area contributed by atoms with Crippen LogP contribution in [0.3, 0.4) is 0 Å². The van der Waals surface area contributed by atoms with Crippen molar-refractivity contribution in [3.05, 3.63) is 235 Å². The van der Waals surface area contributed by atoms with Crippen molar-refractivity contribution >= 4 is 0 Å². The molecule has 0 radical (unpaired) electrons. The fraction of sp³-hybridized carbons (Fsp3) is 0.556.